The van der Waals surface area contributed by atoms with E-state index in [1.165, 1.54) is 11.3 Å². The Balaban J connectivity index is 1.90. The van der Waals surface area contributed by atoms with Crippen LogP contribution in [-0.2, 0) is 12.8 Å². The Bertz CT molecular complexity index is 831. The van der Waals surface area contributed by atoms with E-state index >= 15 is 0 Å². The minimum Gasteiger partial charge on any atom is -0.365 e. The van der Waals surface area contributed by atoms with Crippen LogP contribution < -0.4 is 11.1 Å². The van der Waals surface area contributed by atoms with E-state index in [-0.39, 0.29) is 5.91 Å². The second-order valence-electron chi connectivity index (χ2n) is 5.78. The van der Waals surface area contributed by atoms with Gasteiger partial charge in [0.25, 0.3) is 11.8 Å². The van der Waals surface area contributed by atoms with Gasteiger partial charge >= 0.3 is 0 Å². The van der Waals surface area contributed by atoms with Crippen LogP contribution in [-0.4, -0.2) is 11.8 Å². The molecule has 0 fully saturated rings. The van der Waals surface area contributed by atoms with Gasteiger partial charge in [0, 0.05) is 10.4 Å². The van der Waals surface area contributed by atoms with Gasteiger partial charge in [0.05, 0.1) is 17.2 Å². The molecule has 1 aliphatic carbocycles. The Morgan fingerprint density at radius 2 is 1.83 bits per heavy atom. The number of hydrogen-bond donors (Lipinski definition) is 2. The summed E-state index contributed by atoms with van der Waals surface area (Å²) in [5, 5.41) is 12.2. The highest BCUT2D eigenvalue weighted by molar-refractivity contribution is 7.17. The predicted molar refractivity (Wildman–Crippen MR) is 93.2 cm³/mol. The number of thiophene rings is 1. The van der Waals surface area contributed by atoms with Crippen molar-refractivity contribution in [2.45, 2.75) is 32.1 Å². The van der Waals surface area contributed by atoms with Crippen molar-refractivity contribution < 1.29 is 9.59 Å². The molecule has 5 nitrogen and oxygen atoms in total. The highest BCUT2D eigenvalue weighted by Gasteiger charge is 2.24. The number of fused-ring (bicyclic) bond motifs is 1. The fraction of sp³-hybridized carbons (Fsp3) is 0.278. The molecule has 3 rings (SSSR count). The van der Waals surface area contributed by atoms with E-state index in [1.807, 2.05) is 6.07 Å². The van der Waals surface area contributed by atoms with Gasteiger partial charge in [-0.3, -0.25) is 9.59 Å². The maximum Gasteiger partial charge on any atom is 0.256 e. The Labute approximate surface area is 144 Å². The number of nitrogens with one attached hydrogen (secondary N) is 1. The monoisotopic (exact) mass is 339 g/mol. The number of anilines is 1. The largest absolute Gasteiger partial charge is 0.365 e. The summed E-state index contributed by atoms with van der Waals surface area (Å²) in [5.74, 6) is -0.803. The van der Waals surface area contributed by atoms with Gasteiger partial charge in [-0.2, -0.15) is 5.26 Å². The lowest BCUT2D eigenvalue weighted by molar-refractivity contribution is 0.100. The first kappa shape index (κ1) is 16.2. The van der Waals surface area contributed by atoms with Crippen LogP contribution in [0.15, 0.2) is 24.3 Å². The number of nitrogens with two attached hydrogens (primary N) is 1. The van der Waals surface area contributed by atoms with Crippen LogP contribution in [0.1, 0.15) is 56.0 Å². The molecule has 2 amide bonds. The Morgan fingerprint density at radius 3 is 2.50 bits per heavy atom. The maximum absolute atomic E-state index is 12.4. The van der Waals surface area contributed by atoms with Crippen LogP contribution >= 0.6 is 11.3 Å². The van der Waals surface area contributed by atoms with Crippen molar-refractivity contribution in [1.29, 1.82) is 5.26 Å². The van der Waals surface area contributed by atoms with Crippen LogP contribution in [0.2, 0.25) is 0 Å². The van der Waals surface area contributed by atoms with E-state index in [1.54, 1.807) is 24.3 Å². The van der Waals surface area contributed by atoms with Crippen LogP contribution in [0.25, 0.3) is 0 Å². The summed E-state index contributed by atoms with van der Waals surface area (Å²) in [7, 11) is 0. The van der Waals surface area contributed by atoms with Gasteiger partial charge in [-0.25, -0.2) is 0 Å². The Kier molecular flexibility index (Phi) is 4.63. The number of rotatable bonds is 3. The molecule has 6 heteroatoms. The normalized spacial score (nSPS) is 13.5. The van der Waals surface area contributed by atoms with E-state index in [0.717, 1.165) is 42.5 Å². The van der Waals surface area contributed by atoms with E-state index in [0.29, 0.717) is 21.7 Å². The average Bonchev–Trinajstić information content (AvgIpc) is 2.76. The summed E-state index contributed by atoms with van der Waals surface area (Å²) < 4.78 is 0. The maximum atomic E-state index is 12.4. The van der Waals surface area contributed by atoms with Crippen LogP contribution in [0.3, 0.4) is 0 Å². The summed E-state index contributed by atoms with van der Waals surface area (Å²) in [6.07, 6.45) is 5.03. The quantitative estimate of drug-likeness (QED) is 0.840. The molecule has 0 radical (unpaired) electrons. The molecule has 2 aromatic rings. The summed E-state index contributed by atoms with van der Waals surface area (Å²) >= 11 is 1.45. The topological polar surface area (TPSA) is 96.0 Å². The number of carbonyl (C=O) groups is 2. The number of aryl methyl sites for hydroxylation is 1. The van der Waals surface area contributed by atoms with E-state index in [2.05, 4.69) is 5.32 Å². The number of nitriles is 1. The summed E-state index contributed by atoms with van der Waals surface area (Å²) in [4.78, 5) is 25.5. The van der Waals surface area contributed by atoms with E-state index < -0.39 is 5.91 Å². The van der Waals surface area contributed by atoms with E-state index in [9.17, 15) is 9.59 Å². The zero-order valence-corrected chi connectivity index (χ0v) is 13.9. The molecule has 0 saturated heterocycles. The smallest absolute Gasteiger partial charge is 0.256 e. The Hall–Kier alpha value is -2.65. The fourth-order valence-corrected chi connectivity index (χ4v) is 4.25. The Morgan fingerprint density at radius 1 is 1.12 bits per heavy atom. The first-order chi connectivity index (χ1) is 11.6. The molecule has 3 N–H and O–H groups in total. The first-order valence-electron chi connectivity index (χ1n) is 7.86. The second-order valence-corrected chi connectivity index (χ2v) is 6.88. The SMILES string of the molecule is N#Cc1ccc(C(=O)Nc2sc3c(c2C(N)=O)CCCCC3)cc1. The van der Waals surface area contributed by atoms with Gasteiger partial charge in [0.15, 0.2) is 0 Å². The number of nitrogens with zero attached hydrogens (tertiary/aromatic N) is 1. The summed E-state index contributed by atoms with van der Waals surface area (Å²) in [5.41, 5.74) is 7.95. The molecule has 0 bridgehead atoms. The van der Waals surface area contributed by atoms with Gasteiger partial charge in [-0.1, -0.05) is 6.42 Å². The molecule has 0 atom stereocenters. The lowest BCUT2D eigenvalue weighted by Crippen LogP contribution is -2.18. The zero-order valence-electron chi connectivity index (χ0n) is 13.1. The van der Waals surface area contributed by atoms with Crippen molar-refractivity contribution in [2.24, 2.45) is 5.73 Å². The molecule has 122 valence electrons. The van der Waals surface area contributed by atoms with Gasteiger partial charge < -0.3 is 11.1 Å². The van der Waals surface area contributed by atoms with Crippen molar-refractivity contribution >= 4 is 28.2 Å². The van der Waals surface area contributed by atoms with Crippen molar-refractivity contribution in [3.63, 3.8) is 0 Å². The lowest BCUT2D eigenvalue weighted by Gasteiger charge is -2.06. The van der Waals surface area contributed by atoms with Crippen LogP contribution in [0.5, 0.6) is 0 Å². The molecule has 0 spiro atoms. The molecular weight excluding hydrogens is 322 g/mol. The first-order valence-corrected chi connectivity index (χ1v) is 8.67. The molecule has 0 aliphatic heterocycles. The number of amides is 2. The van der Waals surface area contributed by atoms with Gasteiger partial charge in [-0.05, 0) is 55.5 Å². The third-order valence-electron chi connectivity index (χ3n) is 4.17. The highest BCUT2D eigenvalue weighted by Crippen LogP contribution is 2.37. The molecule has 0 unspecified atom stereocenters. The van der Waals surface area contributed by atoms with Crippen molar-refractivity contribution in [3.05, 3.63) is 51.4 Å². The number of benzene rings is 1. The third-order valence-corrected chi connectivity index (χ3v) is 5.38. The molecule has 1 aliphatic rings. The van der Waals surface area contributed by atoms with Gasteiger partial charge in [0.2, 0.25) is 0 Å². The standard InChI is InChI=1S/C18H17N3O2S/c19-10-11-6-8-12(9-7-11)17(23)21-18-15(16(20)22)13-4-2-1-3-5-14(13)24-18/h6-9H,1-5H2,(H2,20,22)(H,21,23). The molecule has 1 aromatic carbocycles. The third kappa shape index (κ3) is 3.17. The molecule has 24 heavy (non-hydrogen) atoms. The second kappa shape index (κ2) is 6.85. The summed E-state index contributed by atoms with van der Waals surface area (Å²) in [6, 6.07) is 8.38. The number of carbonyl (C=O) groups excluding carboxylic acids is 2. The van der Waals surface area contributed by atoms with Crippen molar-refractivity contribution in [3.8, 4) is 6.07 Å². The average molecular weight is 339 g/mol. The van der Waals surface area contributed by atoms with Crippen LogP contribution in [0.4, 0.5) is 5.00 Å². The zero-order chi connectivity index (χ0) is 17.1. The lowest BCUT2D eigenvalue weighted by atomic mass is 10.1. The van der Waals surface area contributed by atoms with Crippen molar-refractivity contribution in [2.75, 3.05) is 5.32 Å². The number of hydrogen-bond acceptors (Lipinski definition) is 4. The minimum atomic E-state index is -0.496. The van der Waals surface area contributed by atoms with Gasteiger partial charge in [-0.15, -0.1) is 11.3 Å². The molecular formula is C18H17N3O2S. The van der Waals surface area contributed by atoms with Crippen LogP contribution in [0, 0.1) is 11.3 Å². The summed E-state index contributed by atoms with van der Waals surface area (Å²) in [6.45, 7) is 0. The molecule has 0 saturated carbocycles. The fourth-order valence-electron chi connectivity index (χ4n) is 2.96. The predicted octanol–water partition coefficient (Wildman–Crippen LogP) is 3.24. The van der Waals surface area contributed by atoms with E-state index in [4.69, 9.17) is 11.0 Å². The van der Waals surface area contributed by atoms with Gasteiger partial charge in [0.1, 0.15) is 5.00 Å². The molecule has 1 aromatic heterocycles. The highest BCUT2D eigenvalue weighted by atomic mass is 32.1. The number of primary amides is 1. The van der Waals surface area contributed by atoms with Crippen molar-refractivity contribution in [1.82, 2.24) is 0 Å². The minimum absolute atomic E-state index is 0.307. The molecule has 1 heterocycles.